The number of hydrogen-bond donors (Lipinski definition) is 2. The van der Waals surface area contributed by atoms with E-state index in [-0.39, 0.29) is 5.95 Å². The summed E-state index contributed by atoms with van der Waals surface area (Å²) in [6.45, 7) is 0. The van der Waals surface area contributed by atoms with Gasteiger partial charge in [0.2, 0.25) is 6.10 Å². The number of hydrogen-bond acceptors (Lipinski definition) is 3. The predicted molar refractivity (Wildman–Crippen MR) is 32.4 cm³/mol. The maximum atomic E-state index is 10.2. The van der Waals surface area contributed by atoms with Gasteiger partial charge in [-0.2, -0.15) is 0 Å². The van der Waals surface area contributed by atoms with E-state index in [9.17, 15) is 4.79 Å². The molecule has 0 aromatic heterocycles. The summed E-state index contributed by atoms with van der Waals surface area (Å²) in [5, 5.41) is 17.0. The SMILES string of the molecule is O=C(O)C1C=CC=C(O)O1. The molecular formula is C6H6O4. The number of aliphatic hydroxyl groups is 1. The minimum absolute atomic E-state index is 0.366. The third-order valence-electron chi connectivity index (χ3n) is 1.02. The van der Waals surface area contributed by atoms with Gasteiger partial charge in [-0.05, 0) is 6.08 Å². The molecule has 0 saturated heterocycles. The van der Waals surface area contributed by atoms with Crippen LogP contribution in [0.25, 0.3) is 0 Å². The Hall–Kier alpha value is -1.45. The first-order chi connectivity index (χ1) is 4.70. The largest absolute Gasteiger partial charge is 0.481 e. The van der Waals surface area contributed by atoms with Crippen LogP contribution in [0, 0.1) is 0 Å². The molecule has 0 bridgehead atoms. The number of carboxylic acid groups (broad SMARTS) is 1. The van der Waals surface area contributed by atoms with Gasteiger partial charge in [0, 0.05) is 6.08 Å². The summed E-state index contributed by atoms with van der Waals surface area (Å²) >= 11 is 0. The molecule has 0 fully saturated rings. The van der Waals surface area contributed by atoms with E-state index < -0.39 is 12.1 Å². The molecule has 4 nitrogen and oxygen atoms in total. The van der Waals surface area contributed by atoms with Crippen molar-refractivity contribution in [3.63, 3.8) is 0 Å². The van der Waals surface area contributed by atoms with Gasteiger partial charge in [0.15, 0.2) is 0 Å². The van der Waals surface area contributed by atoms with E-state index in [1.54, 1.807) is 0 Å². The highest BCUT2D eigenvalue weighted by Gasteiger charge is 2.18. The molecule has 2 N–H and O–H groups in total. The molecule has 0 amide bonds. The Bertz CT molecular complexity index is 204. The molecule has 1 atom stereocenters. The molecule has 1 aliphatic heterocycles. The molecule has 1 unspecified atom stereocenters. The summed E-state index contributed by atoms with van der Waals surface area (Å²) < 4.78 is 4.48. The van der Waals surface area contributed by atoms with E-state index in [1.165, 1.54) is 18.2 Å². The van der Waals surface area contributed by atoms with E-state index in [4.69, 9.17) is 10.2 Å². The monoisotopic (exact) mass is 142 g/mol. The van der Waals surface area contributed by atoms with E-state index in [2.05, 4.69) is 4.74 Å². The van der Waals surface area contributed by atoms with Crippen molar-refractivity contribution in [2.24, 2.45) is 0 Å². The van der Waals surface area contributed by atoms with Crippen LogP contribution in [0.15, 0.2) is 24.2 Å². The van der Waals surface area contributed by atoms with Gasteiger partial charge in [0.25, 0.3) is 5.95 Å². The Balaban J connectivity index is 2.64. The molecule has 0 saturated carbocycles. The van der Waals surface area contributed by atoms with Crippen molar-refractivity contribution < 1.29 is 19.7 Å². The lowest BCUT2D eigenvalue weighted by atomic mass is 10.3. The number of allylic oxidation sites excluding steroid dienone is 2. The molecule has 0 aromatic carbocycles. The third-order valence-corrected chi connectivity index (χ3v) is 1.02. The molecule has 4 heteroatoms. The van der Waals surface area contributed by atoms with Gasteiger partial charge in [-0.1, -0.05) is 6.08 Å². The number of aliphatic hydroxyl groups excluding tert-OH is 1. The fourth-order valence-electron chi connectivity index (χ4n) is 0.580. The highest BCUT2D eigenvalue weighted by Crippen LogP contribution is 2.07. The second-order valence-electron chi connectivity index (χ2n) is 1.77. The minimum atomic E-state index is -1.11. The zero-order valence-corrected chi connectivity index (χ0v) is 5.02. The van der Waals surface area contributed by atoms with Crippen LogP contribution < -0.4 is 0 Å². The van der Waals surface area contributed by atoms with Crippen LogP contribution in [0.2, 0.25) is 0 Å². The Labute approximate surface area is 57.0 Å². The van der Waals surface area contributed by atoms with Crippen LogP contribution in [0.5, 0.6) is 0 Å². The summed E-state index contributed by atoms with van der Waals surface area (Å²) in [5.41, 5.74) is 0. The molecule has 54 valence electrons. The molecular weight excluding hydrogens is 136 g/mol. The van der Waals surface area contributed by atoms with Crippen molar-refractivity contribution >= 4 is 5.97 Å². The van der Waals surface area contributed by atoms with Gasteiger partial charge in [-0.15, -0.1) is 0 Å². The van der Waals surface area contributed by atoms with E-state index in [0.29, 0.717) is 0 Å². The lowest BCUT2D eigenvalue weighted by Gasteiger charge is -2.11. The van der Waals surface area contributed by atoms with Crippen molar-refractivity contribution in [3.8, 4) is 0 Å². The fourth-order valence-corrected chi connectivity index (χ4v) is 0.580. The number of carbonyl (C=O) groups is 1. The maximum absolute atomic E-state index is 10.2. The van der Waals surface area contributed by atoms with Crippen LogP contribution in [0.3, 0.4) is 0 Å². The van der Waals surface area contributed by atoms with Crippen LogP contribution in [-0.2, 0) is 9.53 Å². The quantitative estimate of drug-likeness (QED) is 0.557. The van der Waals surface area contributed by atoms with Crippen LogP contribution in [-0.4, -0.2) is 22.3 Å². The van der Waals surface area contributed by atoms with E-state index in [0.717, 1.165) is 0 Å². The number of carboxylic acids is 1. The average Bonchev–Trinajstić information content (AvgIpc) is 1.88. The molecule has 0 spiro atoms. The van der Waals surface area contributed by atoms with Gasteiger partial charge in [0.1, 0.15) is 0 Å². The molecule has 0 aromatic rings. The Morgan fingerprint density at radius 2 is 2.40 bits per heavy atom. The minimum Gasteiger partial charge on any atom is -0.481 e. The number of rotatable bonds is 1. The zero-order valence-electron chi connectivity index (χ0n) is 5.02. The second-order valence-corrected chi connectivity index (χ2v) is 1.77. The van der Waals surface area contributed by atoms with Crippen LogP contribution in [0.1, 0.15) is 0 Å². The Kier molecular flexibility index (Phi) is 1.62. The first-order valence-corrected chi connectivity index (χ1v) is 2.67. The molecule has 10 heavy (non-hydrogen) atoms. The first kappa shape index (κ1) is 6.67. The first-order valence-electron chi connectivity index (χ1n) is 2.67. The molecule has 1 heterocycles. The summed E-state index contributed by atoms with van der Waals surface area (Å²) in [6.07, 6.45) is 2.99. The van der Waals surface area contributed by atoms with Crippen molar-refractivity contribution in [2.45, 2.75) is 6.10 Å². The molecule has 0 radical (unpaired) electrons. The Morgan fingerprint density at radius 3 is 2.80 bits per heavy atom. The molecule has 1 rings (SSSR count). The highest BCUT2D eigenvalue weighted by molar-refractivity contribution is 5.75. The normalized spacial score (nSPS) is 23.2. The van der Waals surface area contributed by atoms with Gasteiger partial charge >= 0.3 is 5.97 Å². The van der Waals surface area contributed by atoms with Gasteiger partial charge in [0.05, 0.1) is 0 Å². The summed E-state index contributed by atoms with van der Waals surface area (Å²) in [6, 6.07) is 0. The van der Waals surface area contributed by atoms with Crippen LogP contribution >= 0.6 is 0 Å². The predicted octanol–water partition coefficient (Wildman–Crippen LogP) is 0.425. The fraction of sp³-hybridized carbons (Fsp3) is 0.167. The standard InChI is InChI=1S/C6H6O4/c7-5-3-1-2-4(10-5)6(8)9/h1-4,7H,(H,8,9). The van der Waals surface area contributed by atoms with Gasteiger partial charge < -0.3 is 14.9 Å². The number of aliphatic carboxylic acids is 1. The molecule has 1 aliphatic rings. The lowest BCUT2D eigenvalue weighted by Crippen LogP contribution is -2.22. The van der Waals surface area contributed by atoms with Crippen LogP contribution in [0.4, 0.5) is 0 Å². The third kappa shape index (κ3) is 1.28. The Morgan fingerprint density at radius 1 is 1.70 bits per heavy atom. The average molecular weight is 142 g/mol. The number of ether oxygens (including phenoxy) is 1. The summed E-state index contributed by atoms with van der Waals surface area (Å²) in [7, 11) is 0. The van der Waals surface area contributed by atoms with E-state index in [1.807, 2.05) is 0 Å². The van der Waals surface area contributed by atoms with Gasteiger partial charge in [-0.25, -0.2) is 4.79 Å². The van der Waals surface area contributed by atoms with E-state index >= 15 is 0 Å². The lowest BCUT2D eigenvalue weighted by molar-refractivity contribution is -0.147. The second kappa shape index (κ2) is 2.43. The van der Waals surface area contributed by atoms with Crippen molar-refractivity contribution in [1.29, 1.82) is 0 Å². The maximum Gasteiger partial charge on any atom is 0.349 e. The zero-order chi connectivity index (χ0) is 7.56. The van der Waals surface area contributed by atoms with Crippen molar-refractivity contribution in [2.75, 3.05) is 0 Å². The topological polar surface area (TPSA) is 66.8 Å². The summed E-state index contributed by atoms with van der Waals surface area (Å²) in [5.74, 6) is -1.48. The van der Waals surface area contributed by atoms with Gasteiger partial charge in [-0.3, -0.25) is 0 Å². The smallest absolute Gasteiger partial charge is 0.349 e. The highest BCUT2D eigenvalue weighted by atomic mass is 16.6. The molecule has 0 aliphatic carbocycles. The van der Waals surface area contributed by atoms with Crippen molar-refractivity contribution in [3.05, 3.63) is 24.2 Å². The summed E-state index contributed by atoms with van der Waals surface area (Å²) in [4.78, 5) is 10.2. The van der Waals surface area contributed by atoms with Crippen molar-refractivity contribution in [1.82, 2.24) is 0 Å².